The highest BCUT2D eigenvalue weighted by Crippen LogP contribution is 2.19. The average Bonchev–Trinajstić information content (AvgIpc) is 2.54. The van der Waals surface area contributed by atoms with E-state index in [-0.39, 0.29) is 11.3 Å². The van der Waals surface area contributed by atoms with Gasteiger partial charge in [0, 0.05) is 15.2 Å². The minimum Gasteiger partial charge on any atom is -0.469 e. The number of methoxy groups -OCH3 is 1. The third-order valence-electron chi connectivity index (χ3n) is 2.96. The lowest BCUT2D eigenvalue weighted by molar-refractivity contribution is -0.141. The molecule has 102 valence electrons. The topological polar surface area (TPSA) is 43.4 Å². The summed E-state index contributed by atoms with van der Waals surface area (Å²) in [4.78, 5) is 24.3. The minimum atomic E-state index is -2.55. The number of ketones is 1. The van der Waals surface area contributed by atoms with Crippen molar-refractivity contribution in [3.63, 3.8) is 0 Å². The Morgan fingerprint density at radius 1 is 1.05 bits per heavy atom. The molecule has 0 heterocycles. The molecular formula is C17H16O3. The average molecular weight is 272 g/mol. The maximum Gasteiger partial charge on any atom is 0.312 e. The molecular weight excluding hydrogens is 253 g/mol. The van der Waals surface area contributed by atoms with Gasteiger partial charge in [0.1, 0.15) is 0 Å². The number of hydrogen-bond donors (Lipinski definition) is 0. The molecule has 0 radical (unpaired) electrons. The number of rotatable bonds is 4. The second-order valence-corrected chi connectivity index (χ2v) is 4.28. The van der Waals surface area contributed by atoms with Crippen molar-refractivity contribution in [3.8, 4) is 0 Å². The number of carbonyl (C=O) groups excluding carboxylic acids is 2. The first-order valence-electron chi connectivity index (χ1n) is 7.62. The fraction of sp³-hybridized carbons (Fsp3) is 0.176. The molecule has 2 rings (SSSR count). The Kier molecular flexibility index (Phi) is 3.19. The van der Waals surface area contributed by atoms with Gasteiger partial charge < -0.3 is 4.74 Å². The van der Waals surface area contributed by atoms with Crippen LogP contribution in [0.3, 0.4) is 0 Å². The van der Waals surface area contributed by atoms with E-state index in [1.165, 1.54) is 12.1 Å². The van der Waals surface area contributed by atoms with Crippen LogP contribution in [0.2, 0.25) is 0 Å². The molecule has 2 aromatic carbocycles. The molecule has 0 N–H and O–H groups in total. The van der Waals surface area contributed by atoms with E-state index in [0.717, 1.165) is 7.11 Å². The van der Waals surface area contributed by atoms with Crippen LogP contribution in [0.15, 0.2) is 54.6 Å². The van der Waals surface area contributed by atoms with Gasteiger partial charge in [-0.25, -0.2) is 0 Å². The fourth-order valence-corrected chi connectivity index (χ4v) is 1.87. The molecule has 0 bridgehead atoms. The van der Waals surface area contributed by atoms with Crippen molar-refractivity contribution in [2.75, 3.05) is 7.11 Å². The summed E-state index contributed by atoms with van der Waals surface area (Å²) in [6.07, 6.45) is 0. The Bertz CT molecular complexity index is 709. The summed E-state index contributed by atoms with van der Waals surface area (Å²) in [6, 6.07) is 14.7. The monoisotopic (exact) mass is 272 g/mol. The van der Waals surface area contributed by atoms with E-state index in [2.05, 4.69) is 4.74 Å². The van der Waals surface area contributed by atoms with Crippen molar-refractivity contribution in [2.24, 2.45) is 0 Å². The lowest BCUT2D eigenvalue weighted by Gasteiger charge is -2.10. The molecule has 0 saturated carbocycles. The molecule has 1 atom stereocenters. The summed E-state index contributed by atoms with van der Waals surface area (Å²) in [6.45, 7) is -2.55. The number of esters is 1. The first kappa shape index (κ1) is 10.4. The zero-order valence-corrected chi connectivity index (χ0v) is 11.0. The normalized spacial score (nSPS) is 14.6. The van der Waals surface area contributed by atoms with Crippen LogP contribution in [0.1, 0.15) is 38.4 Å². The smallest absolute Gasteiger partial charge is 0.312 e. The van der Waals surface area contributed by atoms with Gasteiger partial charge in [-0.2, -0.15) is 0 Å². The summed E-state index contributed by atoms with van der Waals surface area (Å²) in [5.74, 6) is -2.51. The quantitative estimate of drug-likeness (QED) is 0.487. The van der Waals surface area contributed by atoms with E-state index in [0.29, 0.717) is 11.1 Å². The lowest BCUT2D eigenvalue weighted by atomic mass is 9.98. The standard InChI is InChI=1S/C17H16O3/c1-12(17(19)20-2)14-9-6-10-15(11-14)16(18)13-7-4-3-5-8-13/h3-12H,1-2H3/i1+1D3. The molecule has 2 aromatic rings. The summed E-state index contributed by atoms with van der Waals surface area (Å²) in [5.41, 5.74) is 1.05. The molecule has 0 spiro atoms. The molecule has 1 unspecified atom stereocenters. The Labute approximate surface area is 122 Å². The maximum absolute atomic E-state index is 12.5. The molecule has 3 nitrogen and oxygen atoms in total. The van der Waals surface area contributed by atoms with Gasteiger partial charge in [-0.1, -0.05) is 48.5 Å². The third-order valence-corrected chi connectivity index (χ3v) is 2.96. The van der Waals surface area contributed by atoms with Crippen LogP contribution in [0, 0.1) is 0 Å². The molecule has 20 heavy (non-hydrogen) atoms. The van der Waals surface area contributed by atoms with E-state index in [9.17, 15) is 9.59 Å². The second-order valence-electron chi connectivity index (χ2n) is 4.28. The molecule has 0 aromatic heterocycles. The van der Waals surface area contributed by atoms with Gasteiger partial charge >= 0.3 is 5.97 Å². The van der Waals surface area contributed by atoms with Crippen molar-refractivity contribution in [2.45, 2.75) is 12.8 Å². The van der Waals surface area contributed by atoms with Crippen LogP contribution >= 0.6 is 0 Å². The molecule has 0 amide bonds. The maximum atomic E-state index is 12.5. The lowest BCUT2D eigenvalue weighted by Crippen LogP contribution is -2.11. The second kappa shape index (κ2) is 6.15. The molecule has 0 fully saturated rings. The Hall–Kier alpha value is -2.42. The predicted octanol–water partition coefficient (Wildman–Crippen LogP) is 3.19. The summed E-state index contributed by atoms with van der Waals surface area (Å²) >= 11 is 0. The van der Waals surface area contributed by atoms with Gasteiger partial charge in [0.05, 0.1) is 13.0 Å². The minimum absolute atomic E-state index is 0.235. The van der Waals surface area contributed by atoms with Crippen molar-refractivity contribution < 1.29 is 18.4 Å². The van der Waals surface area contributed by atoms with Gasteiger partial charge in [0.15, 0.2) is 5.78 Å². The Balaban J connectivity index is 2.43. The summed E-state index contributed by atoms with van der Waals surface area (Å²) in [7, 11) is 1.14. The number of carbonyl (C=O) groups is 2. The van der Waals surface area contributed by atoms with E-state index in [4.69, 9.17) is 4.11 Å². The van der Waals surface area contributed by atoms with Crippen LogP contribution < -0.4 is 0 Å². The predicted molar refractivity (Wildman–Crippen MR) is 76.7 cm³/mol. The first-order chi connectivity index (χ1) is 10.8. The van der Waals surface area contributed by atoms with E-state index in [1.54, 1.807) is 42.5 Å². The Morgan fingerprint density at radius 2 is 1.75 bits per heavy atom. The highest BCUT2D eigenvalue weighted by Gasteiger charge is 2.17. The Morgan fingerprint density at radius 3 is 2.40 bits per heavy atom. The van der Waals surface area contributed by atoms with Crippen molar-refractivity contribution >= 4 is 11.8 Å². The van der Waals surface area contributed by atoms with E-state index in [1.807, 2.05) is 0 Å². The van der Waals surface area contributed by atoms with Crippen LogP contribution in [0.5, 0.6) is 0 Å². The fourth-order valence-electron chi connectivity index (χ4n) is 1.87. The number of benzene rings is 2. The largest absolute Gasteiger partial charge is 0.469 e. The molecule has 0 aliphatic heterocycles. The zero-order chi connectivity index (χ0) is 17.0. The SMILES string of the molecule is [2H][13C]([2H])([2H])C(C(=O)OC)c1cccc(C(=O)c2ccccc2)c1. The van der Waals surface area contributed by atoms with Gasteiger partial charge in [-0.05, 0) is 18.5 Å². The molecule has 0 aliphatic carbocycles. The van der Waals surface area contributed by atoms with Gasteiger partial charge in [-0.15, -0.1) is 0 Å². The molecule has 0 aliphatic rings. The van der Waals surface area contributed by atoms with Crippen molar-refractivity contribution in [3.05, 3.63) is 71.3 Å². The van der Waals surface area contributed by atoms with Gasteiger partial charge in [-0.3, -0.25) is 9.59 Å². The highest BCUT2D eigenvalue weighted by molar-refractivity contribution is 6.09. The van der Waals surface area contributed by atoms with Crippen molar-refractivity contribution in [1.82, 2.24) is 0 Å². The van der Waals surface area contributed by atoms with Crippen LogP contribution in [0.25, 0.3) is 0 Å². The van der Waals surface area contributed by atoms with Crippen molar-refractivity contribution in [1.29, 1.82) is 0 Å². The summed E-state index contributed by atoms with van der Waals surface area (Å²) < 4.78 is 27.2. The van der Waals surface area contributed by atoms with Gasteiger partial charge in [0.2, 0.25) is 0 Å². The van der Waals surface area contributed by atoms with Crippen LogP contribution in [-0.2, 0) is 9.53 Å². The highest BCUT2D eigenvalue weighted by atomic mass is 16.5. The van der Waals surface area contributed by atoms with E-state index < -0.39 is 18.7 Å². The van der Waals surface area contributed by atoms with Crippen LogP contribution in [-0.4, -0.2) is 18.9 Å². The van der Waals surface area contributed by atoms with E-state index >= 15 is 0 Å². The molecule has 0 saturated heterocycles. The molecule has 3 heteroatoms. The van der Waals surface area contributed by atoms with Crippen LogP contribution in [0.4, 0.5) is 0 Å². The van der Waals surface area contributed by atoms with Gasteiger partial charge in [0.25, 0.3) is 0 Å². The third kappa shape index (κ3) is 2.94. The zero-order valence-electron chi connectivity index (χ0n) is 14.0. The number of hydrogen-bond acceptors (Lipinski definition) is 3. The summed E-state index contributed by atoms with van der Waals surface area (Å²) in [5, 5.41) is 0. The number of ether oxygens (including phenoxy) is 1. The first-order valence-corrected chi connectivity index (χ1v) is 6.12.